The Morgan fingerprint density at radius 2 is 1.81 bits per heavy atom. The number of benzene rings is 2. The van der Waals surface area contributed by atoms with Gasteiger partial charge in [0.15, 0.2) is 0 Å². The lowest BCUT2D eigenvalue weighted by Gasteiger charge is -2.32. The van der Waals surface area contributed by atoms with Crippen LogP contribution in [0.5, 0.6) is 0 Å². The van der Waals surface area contributed by atoms with Gasteiger partial charge in [0.2, 0.25) is 5.91 Å². The number of rotatable bonds is 5. The lowest BCUT2D eigenvalue weighted by molar-refractivity contribution is -0.146. The van der Waals surface area contributed by atoms with E-state index in [0.29, 0.717) is 37.9 Å². The zero-order valence-electron chi connectivity index (χ0n) is 18.3. The minimum Gasteiger partial charge on any atom is -0.481 e. The molecule has 166 valence electrons. The highest BCUT2D eigenvalue weighted by Crippen LogP contribution is 2.30. The van der Waals surface area contributed by atoms with E-state index in [4.69, 9.17) is 9.52 Å². The van der Waals surface area contributed by atoms with Crippen molar-refractivity contribution in [1.29, 1.82) is 0 Å². The van der Waals surface area contributed by atoms with E-state index in [-0.39, 0.29) is 17.7 Å². The number of carboxylic acids is 1. The number of amides is 1. The van der Waals surface area contributed by atoms with Crippen LogP contribution in [0.3, 0.4) is 0 Å². The van der Waals surface area contributed by atoms with Crippen LogP contribution in [0, 0.1) is 18.8 Å². The number of hydrogen-bond acceptors (Lipinski definition) is 4. The van der Waals surface area contributed by atoms with Gasteiger partial charge in [-0.05, 0) is 48.9 Å². The van der Waals surface area contributed by atoms with Crippen molar-refractivity contribution >= 4 is 22.8 Å². The smallest absolute Gasteiger partial charge is 0.336 e. The standard InChI is InChI=1S/C26H27NO5/c1-16-5-3-4-6-20(16)22-15-24(28)32-23-14-18(7-8-21(22)23)13-17(2)25(29)27-11-9-19(10-12-27)26(30)31/h3-8,14-15,17,19H,9-13H2,1-2H3,(H,30,31). The molecular formula is C26H27NO5. The number of aryl methyl sites for hydroxylation is 1. The highest BCUT2D eigenvalue weighted by atomic mass is 16.4. The van der Waals surface area contributed by atoms with E-state index >= 15 is 0 Å². The summed E-state index contributed by atoms with van der Waals surface area (Å²) >= 11 is 0. The van der Waals surface area contributed by atoms with Crippen molar-refractivity contribution in [1.82, 2.24) is 4.90 Å². The van der Waals surface area contributed by atoms with Gasteiger partial charge in [-0.25, -0.2) is 4.79 Å². The lowest BCUT2D eigenvalue weighted by Crippen LogP contribution is -2.43. The van der Waals surface area contributed by atoms with Gasteiger partial charge in [-0.15, -0.1) is 0 Å². The molecular weight excluding hydrogens is 406 g/mol. The third-order valence-corrected chi connectivity index (χ3v) is 6.36. The van der Waals surface area contributed by atoms with Crippen molar-refractivity contribution in [2.75, 3.05) is 13.1 Å². The largest absolute Gasteiger partial charge is 0.481 e. The zero-order chi connectivity index (χ0) is 22.8. The van der Waals surface area contributed by atoms with Crippen LogP contribution in [0.1, 0.15) is 30.9 Å². The van der Waals surface area contributed by atoms with E-state index in [1.807, 2.05) is 56.3 Å². The second-order valence-electron chi connectivity index (χ2n) is 8.67. The molecule has 1 aliphatic heterocycles. The Morgan fingerprint density at radius 3 is 2.50 bits per heavy atom. The number of carbonyl (C=O) groups excluding carboxylic acids is 1. The molecule has 1 aromatic heterocycles. The van der Waals surface area contributed by atoms with Crippen molar-refractivity contribution in [2.24, 2.45) is 11.8 Å². The molecule has 0 saturated carbocycles. The molecule has 1 atom stereocenters. The number of carbonyl (C=O) groups is 2. The average molecular weight is 434 g/mol. The Bertz CT molecular complexity index is 1220. The molecule has 1 aliphatic rings. The van der Waals surface area contributed by atoms with E-state index in [0.717, 1.165) is 27.6 Å². The molecule has 1 fully saturated rings. The maximum Gasteiger partial charge on any atom is 0.336 e. The first-order valence-electron chi connectivity index (χ1n) is 11.0. The van der Waals surface area contributed by atoms with Crippen LogP contribution in [0.25, 0.3) is 22.1 Å². The fourth-order valence-electron chi connectivity index (χ4n) is 4.53. The molecule has 2 aromatic carbocycles. The summed E-state index contributed by atoms with van der Waals surface area (Å²) in [5.41, 5.74) is 3.93. The summed E-state index contributed by atoms with van der Waals surface area (Å²) in [6, 6.07) is 15.2. The minimum absolute atomic E-state index is 0.0315. The van der Waals surface area contributed by atoms with Gasteiger partial charge >= 0.3 is 11.6 Å². The summed E-state index contributed by atoms with van der Waals surface area (Å²) in [5, 5.41) is 10.0. The first-order chi connectivity index (χ1) is 15.3. The topological polar surface area (TPSA) is 87.8 Å². The van der Waals surface area contributed by atoms with Gasteiger partial charge < -0.3 is 14.4 Å². The molecule has 32 heavy (non-hydrogen) atoms. The van der Waals surface area contributed by atoms with Crippen molar-refractivity contribution in [3.8, 4) is 11.1 Å². The summed E-state index contributed by atoms with van der Waals surface area (Å²) in [6.45, 7) is 4.85. The molecule has 6 heteroatoms. The molecule has 3 aromatic rings. The number of piperidine rings is 1. The van der Waals surface area contributed by atoms with E-state index in [9.17, 15) is 14.4 Å². The Labute approximate surface area is 186 Å². The predicted octanol–water partition coefficient (Wildman–Crippen LogP) is 4.27. The molecule has 0 radical (unpaired) electrons. The van der Waals surface area contributed by atoms with Crippen LogP contribution >= 0.6 is 0 Å². The number of aliphatic carboxylic acids is 1. The van der Waals surface area contributed by atoms with Crippen LogP contribution in [0.2, 0.25) is 0 Å². The van der Waals surface area contributed by atoms with E-state index < -0.39 is 11.6 Å². The monoisotopic (exact) mass is 433 g/mol. The van der Waals surface area contributed by atoms with E-state index in [1.165, 1.54) is 6.07 Å². The zero-order valence-corrected chi connectivity index (χ0v) is 18.3. The molecule has 0 bridgehead atoms. The maximum atomic E-state index is 12.9. The van der Waals surface area contributed by atoms with Gasteiger partial charge in [-0.1, -0.05) is 43.3 Å². The van der Waals surface area contributed by atoms with Crippen LogP contribution in [0.15, 0.2) is 57.7 Å². The highest BCUT2D eigenvalue weighted by Gasteiger charge is 2.29. The third-order valence-electron chi connectivity index (χ3n) is 6.36. The third kappa shape index (κ3) is 4.44. The number of fused-ring (bicyclic) bond motifs is 1. The summed E-state index contributed by atoms with van der Waals surface area (Å²) in [6.07, 6.45) is 1.51. The van der Waals surface area contributed by atoms with Crippen LogP contribution < -0.4 is 5.63 Å². The fraction of sp³-hybridized carbons (Fsp3) is 0.346. The Morgan fingerprint density at radius 1 is 1.09 bits per heavy atom. The summed E-state index contributed by atoms with van der Waals surface area (Å²) in [5.74, 6) is -1.36. The molecule has 6 nitrogen and oxygen atoms in total. The van der Waals surface area contributed by atoms with Crippen molar-refractivity contribution in [2.45, 2.75) is 33.1 Å². The highest BCUT2D eigenvalue weighted by molar-refractivity contribution is 5.94. The Hall–Kier alpha value is -3.41. The average Bonchev–Trinajstić information content (AvgIpc) is 2.78. The van der Waals surface area contributed by atoms with Crippen molar-refractivity contribution in [3.05, 3.63) is 70.1 Å². The molecule has 2 heterocycles. The number of likely N-dealkylation sites (tertiary alicyclic amines) is 1. The maximum absolute atomic E-state index is 12.9. The van der Waals surface area contributed by atoms with Crippen molar-refractivity contribution < 1.29 is 19.1 Å². The Kier molecular flexibility index (Phi) is 6.12. The second kappa shape index (κ2) is 8.99. The molecule has 1 unspecified atom stereocenters. The van der Waals surface area contributed by atoms with Crippen LogP contribution in [-0.2, 0) is 16.0 Å². The molecule has 1 N–H and O–H groups in total. The number of carboxylic acid groups (broad SMARTS) is 1. The van der Waals surface area contributed by atoms with Crippen molar-refractivity contribution in [3.63, 3.8) is 0 Å². The Balaban J connectivity index is 1.54. The summed E-state index contributed by atoms with van der Waals surface area (Å²) in [7, 11) is 0. The molecule has 0 aliphatic carbocycles. The summed E-state index contributed by atoms with van der Waals surface area (Å²) < 4.78 is 5.49. The van der Waals surface area contributed by atoms with Crippen LogP contribution in [-0.4, -0.2) is 35.0 Å². The second-order valence-corrected chi connectivity index (χ2v) is 8.67. The molecule has 0 spiro atoms. The first kappa shape index (κ1) is 21.8. The molecule has 1 saturated heterocycles. The number of nitrogens with zero attached hydrogens (tertiary/aromatic N) is 1. The fourth-order valence-corrected chi connectivity index (χ4v) is 4.53. The van der Waals surface area contributed by atoms with Gasteiger partial charge in [0.05, 0.1) is 5.92 Å². The van der Waals surface area contributed by atoms with Gasteiger partial charge in [-0.2, -0.15) is 0 Å². The van der Waals surface area contributed by atoms with Gasteiger partial charge in [0, 0.05) is 36.0 Å². The quantitative estimate of drug-likeness (QED) is 0.607. The van der Waals surface area contributed by atoms with E-state index in [1.54, 1.807) is 4.90 Å². The van der Waals surface area contributed by atoms with Gasteiger partial charge in [0.1, 0.15) is 5.58 Å². The lowest BCUT2D eigenvalue weighted by atomic mass is 9.93. The van der Waals surface area contributed by atoms with Gasteiger partial charge in [-0.3, -0.25) is 9.59 Å². The summed E-state index contributed by atoms with van der Waals surface area (Å²) in [4.78, 5) is 38.0. The van der Waals surface area contributed by atoms with Gasteiger partial charge in [0.25, 0.3) is 0 Å². The molecule has 1 amide bonds. The predicted molar refractivity (Wildman–Crippen MR) is 122 cm³/mol. The van der Waals surface area contributed by atoms with E-state index in [2.05, 4.69) is 0 Å². The van der Waals surface area contributed by atoms with Crippen LogP contribution in [0.4, 0.5) is 0 Å². The number of hydrogen-bond donors (Lipinski definition) is 1. The minimum atomic E-state index is -0.784. The molecule has 4 rings (SSSR count). The SMILES string of the molecule is Cc1ccccc1-c1cc(=O)oc2cc(CC(C)C(=O)N3CCC(C(=O)O)CC3)ccc12. The normalized spacial score (nSPS) is 15.6. The first-order valence-corrected chi connectivity index (χ1v) is 11.0.